The predicted octanol–water partition coefficient (Wildman–Crippen LogP) is 2.49. The standard InChI is InChI=1S/C21H17N7O/c29-21(14-11-24-28-9-4-1-5-17(14)28)27-10-7-15-19(23-13-22-15)20(27)16-12-26-8-3-2-6-18(26)25-16/h1-6,8-9,11-13,20H,7,10H2,(H,22,23)/t20-/m0/s1. The molecule has 8 nitrogen and oxygen atoms in total. The third-order valence-electron chi connectivity index (χ3n) is 5.51. The van der Waals surface area contributed by atoms with Crippen molar-refractivity contribution < 1.29 is 4.79 Å². The lowest BCUT2D eigenvalue weighted by molar-refractivity contribution is 0.0689. The fraction of sp³-hybridized carbons (Fsp3) is 0.143. The summed E-state index contributed by atoms with van der Waals surface area (Å²) in [5, 5.41) is 4.33. The quantitative estimate of drug-likeness (QED) is 0.508. The van der Waals surface area contributed by atoms with Gasteiger partial charge in [0.1, 0.15) is 11.7 Å². The van der Waals surface area contributed by atoms with E-state index in [2.05, 4.69) is 15.1 Å². The van der Waals surface area contributed by atoms with E-state index in [1.165, 1.54) is 0 Å². The topological polar surface area (TPSA) is 83.6 Å². The van der Waals surface area contributed by atoms with Crippen LogP contribution in [0.15, 0.2) is 67.5 Å². The summed E-state index contributed by atoms with van der Waals surface area (Å²) in [6.07, 6.45) is 9.82. The molecule has 29 heavy (non-hydrogen) atoms. The number of carbonyl (C=O) groups excluding carboxylic acids is 1. The smallest absolute Gasteiger partial charge is 0.258 e. The molecule has 0 aromatic carbocycles. The number of carbonyl (C=O) groups is 1. The molecule has 1 amide bonds. The first-order chi connectivity index (χ1) is 14.3. The number of hydrogen-bond acceptors (Lipinski definition) is 4. The molecule has 0 saturated carbocycles. The Morgan fingerprint density at radius 2 is 2.03 bits per heavy atom. The minimum Gasteiger partial charge on any atom is -0.348 e. The van der Waals surface area contributed by atoms with Gasteiger partial charge in [0.2, 0.25) is 0 Å². The monoisotopic (exact) mass is 383 g/mol. The van der Waals surface area contributed by atoms with Gasteiger partial charge in [0, 0.05) is 37.3 Å². The molecular weight excluding hydrogens is 366 g/mol. The molecule has 5 aromatic rings. The molecule has 6 rings (SSSR count). The highest BCUT2D eigenvalue weighted by molar-refractivity contribution is 6.01. The number of rotatable bonds is 2. The van der Waals surface area contributed by atoms with Crippen LogP contribution in [0, 0.1) is 0 Å². The van der Waals surface area contributed by atoms with Gasteiger partial charge in [-0.25, -0.2) is 14.5 Å². The van der Waals surface area contributed by atoms with Crippen molar-refractivity contribution in [3.8, 4) is 0 Å². The highest BCUT2D eigenvalue weighted by Gasteiger charge is 2.36. The van der Waals surface area contributed by atoms with E-state index >= 15 is 0 Å². The summed E-state index contributed by atoms with van der Waals surface area (Å²) in [5.41, 5.74) is 4.92. The zero-order valence-electron chi connectivity index (χ0n) is 15.4. The first-order valence-electron chi connectivity index (χ1n) is 9.49. The van der Waals surface area contributed by atoms with Gasteiger partial charge < -0.3 is 14.3 Å². The molecule has 142 valence electrons. The average Bonchev–Trinajstić information content (AvgIpc) is 3.49. The fourth-order valence-electron chi connectivity index (χ4n) is 4.14. The predicted molar refractivity (Wildman–Crippen MR) is 106 cm³/mol. The van der Waals surface area contributed by atoms with Crippen molar-refractivity contribution in [1.29, 1.82) is 0 Å². The zero-order valence-corrected chi connectivity index (χ0v) is 15.4. The fourth-order valence-corrected chi connectivity index (χ4v) is 4.14. The van der Waals surface area contributed by atoms with E-state index in [-0.39, 0.29) is 11.9 Å². The zero-order chi connectivity index (χ0) is 19.4. The molecule has 0 unspecified atom stereocenters. The highest BCUT2D eigenvalue weighted by atomic mass is 16.2. The lowest BCUT2D eigenvalue weighted by atomic mass is 9.99. The molecule has 1 aliphatic heterocycles. The van der Waals surface area contributed by atoms with Crippen LogP contribution in [0.25, 0.3) is 11.2 Å². The highest BCUT2D eigenvalue weighted by Crippen LogP contribution is 2.34. The van der Waals surface area contributed by atoms with Crippen LogP contribution >= 0.6 is 0 Å². The van der Waals surface area contributed by atoms with Gasteiger partial charge in [-0.15, -0.1) is 0 Å². The molecule has 1 aliphatic rings. The van der Waals surface area contributed by atoms with Crippen molar-refractivity contribution in [2.24, 2.45) is 0 Å². The maximum atomic E-state index is 13.6. The molecule has 0 spiro atoms. The van der Waals surface area contributed by atoms with Gasteiger partial charge in [0.25, 0.3) is 5.91 Å². The van der Waals surface area contributed by atoms with Gasteiger partial charge in [-0.3, -0.25) is 4.79 Å². The number of hydrogen-bond donors (Lipinski definition) is 1. The maximum absolute atomic E-state index is 13.6. The summed E-state index contributed by atoms with van der Waals surface area (Å²) < 4.78 is 3.69. The molecule has 5 aromatic heterocycles. The summed E-state index contributed by atoms with van der Waals surface area (Å²) in [7, 11) is 0. The summed E-state index contributed by atoms with van der Waals surface area (Å²) in [6, 6.07) is 11.2. The number of imidazole rings is 2. The number of H-pyrrole nitrogens is 1. The molecule has 0 bridgehead atoms. The van der Waals surface area contributed by atoms with Crippen molar-refractivity contribution >= 4 is 17.1 Å². The van der Waals surface area contributed by atoms with Crippen molar-refractivity contribution in [2.45, 2.75) is 12.5 Å². The number of fused-ring (bicyclic) bond motifs is 3. The second-order valence-corrected chi connectivity index (χ2v) is 7.14. The molecule has 1 N–H and O–H groups in total. The lowest BCUT2D eigenvalue weighted by Gasteiger charge is -2.33. The third-order valence-corrected chi connectivity index (χ3v) is 5.51. The van der Waals surface area contributed by atoms with Crippen LogP contribution in [0.2, 0.25) is 0 Å². The van der Waals surface area contributed by atoms with Crippen molar-refractivity contribution in [3.05, 3.63) is 90.2 Å². The summed E-state index contributed by atoms with van der Waals surface area (Å²) in [6.45, 7) is 0.580. The van der Waals surface area contributed by atoms with Crippen LogP contribution in [0.1, 0.15) is 33.5 Å². The van der Waals surface area contributed by atoms with E-state index in [1.807, 2.05) is 64.3 Å². The Hall–Kier alpha value is -3.94. The van der Waals surface area contributed by atoms with Gasteiger partial charge in [-0.1, -0.05) is 12.1 Å². The number of nitrogens with zero attached hydrogens (tertiary/aromatic N) is 6. The van der Waals surface area contributed by atoms with E-state index in [1.54, 1.807) is 17.0 Å². The van der Waals surface area contributed by atoms with E-state index in [0.717, 1.165) is 34.7 Å². The number of pyridine rings is 2. The SMILES string of the molecule is O=C(c1cnn2ccccc12)N1CCc2[nH]cnc2[C@@H]1c1cn2ccccc2n1. The van der Waals surface area contributed by atoms with Gasteiger partial charge >= 0.3 is 0 Å². The molecule has 0 saturated heterocycles. The molecule has 6 heterocycles. The lowest BCUT2D eigenvalue weighted by Crippen LogP contribution is -2.41. The van der Waals surface area contributed by atoms with Crippen LogP contribution in [-0.2, 0) is 6.42 Å². The van der Waals surface area contributed by atoms with Gasteiger partial charge in [-0.05, 0) is 24.3 Å². The summed E-state index contributed by atoms with van der Waals surface area (Å²) in [4.78, 5) is 28.0. The number of aromatic amines is 1. The molecule has 1 atom stereocenters. The minimum atomic E-state index is -0.351. The Labute approximate surface area is 165 Å². The van der Waals surface area contributed by atoms with E-state index in [4.69, 9.17) is 4.98 Å². The minimum absolute atomic E-state index is 0.0677. The number of amides is 1. The van der Waals surface area contributed by atoms with Crippen LogP contribution < -0.4 is 0 Å². The molecule has 8 heteroatoms. The van der Waals surface area contributed by atoms with E-state index in [9.17, 15) is 4.79 Å². The van der Waals surface area contributed by atoms with Crippen molar-refractivity contribution in [2.75, 3.05) is 6.54 Å². The molecule has 0 aliphatic carbocycles. The van der Waals surface area contributed by atoms with Crippen molar-refractivity contribution in [3.63, 3.8) is 0 Å². The summed E-state index contributed by atoms with van der Waals surface area (Å²) >= 11 is 0. The Morgan fingerprint density at radius 3 is 2.97 bits per heavy atom. The average molecular weight is 383 g/mol. The first kappa shape index (κ1) is 16.1. The van der Waals surface area contributed by atoms with E-state index in [0.29, 0.717) is 12.1 Å². The molecule has 0 radical (unpaired) electrons. The normalized spacial score (nSPS) is 16.4. The van der Waals surface area contributed by atoms with Crippen LogP contribution in [-0.4, -0.2) is 46.3 Å². The Balaban J connectivity index is 1.49. The Bertz CT molecular complexity index is 1330. The second-order valence-electron chi connectivity index (χ2n) is 7.14. The van der Waals surface area contributed by atoms with Gasteiger partial charge in [0.15, 0.2) is 0 Å². The Morgan fingerprint density at radius 1 is 1.14 bits per heavy atom. The molecular formula is C21H17N7O. The van der Waals surface area contributed by atoms with Crippen molar-refractivity contribution in [1.82, 2.24) is 33.9 Å². The summed E-state index contributed by atoms with van der Waals surface area (Å²) in [5.74, 6) is -0.0677. The third kappa shape index (κ3) is 2.39. The number of aromatic nitrogens is 6. The number of nitrogens with one attached hydrogen (secondary N) is 1. The van der Waals surface area contributed by atoms with E-state index < -0.39 is 0 Å². The first-order valence-corrected chi connectivity index (χ1v) is 9.49. The van der Waals surface area contributed by atoms with Crippen LogP contribution in [0.3, 0.4) is 0 Å². The largest absolute Gasteiger partial charge is 0.348 e. The second kappa shape index (κ2) is 6.03. The van der Waals surface area contributed by atoms with Crippen LogP contribution in [0.5, 0.6) is 0 Å². The Kier molecular flexibility index (Phi) is 3.34. The molecule has 0 fully saturated rings. The van der Waals surface area contributed by atoms with Gasteiger partial charge in [-0.2, -0.15) is 5.10 Å². The van der Waals surface area contributed by atoms with Gasteiger partial charge in [0.05, 0.1) is 35.0 Å². The maximum Gasteiger partial charge on any atom is 0.258 e. The van der Waals surface area contributed by atoms with Crippen LogP contribution in [0.4, 0.5) is 0 Å².